The van der Waals surface area contributed by atoms with Crippen LogP contribution in [-0.2, 0) is 5.33 Å². The van der Waals surface area contributed by atoms with Crippen LogP contribution in [0.2, 0.25) is 0 Å². The fraction of sp³-hybridized carbons (Fsp3) is 0.538. The van der Waals surface area contributed by atoms with Gasteiger partial charge in [-0.15, -0.1) is 0 Å². The van der Waals surface area contributed by atoms with Gasteiger partial charge in [0.05, 0.1) is 0 Å². The molecule has 1 aliphatic rings. The van der Waals surface area contributed by atoms with Crippen molar-refractivity contribution in [2.45, 2.75) is 37.1 Å². The summed E-state index contributed by atoms with van der Waals surface area (Å²) in [7, 11) is 2.23. The first-order valence-corrected chi connectivity index (χ1v) is 7.71. The van der Waals surface area contributed by atoms with Crippen LogP contribution in [-0.4, -0.2) is 13.1 Å². The van der Waals surface area contributed by atoms with Crippen LogP contribution in [0.15, 0.2) is 22.7 Å². The first kappa shape index (κ1) is 12.4. The Morgan fingerprint density at radius 2 is 2.00 bits per heavy atom. The summed E-state index contributed by atoms with van der Waals surface area (Å²) in [6, 6.07) is 7.29. The molecule has 1 saturated carbocycles. The molecule has 1 fully saturated rings. The van der Waals surface area contributed by atoms with Gasteiger partial charge in [-0.2, -0.15) is 0 Å². The lowest BCUT2D eigenvalue weighted by Crippen LogP contribution is -2.29. The molecule has 0 unspecified atom stereocenters. The van der Waals surface area contributed by atoms with Gasteiger partial charge in [0, 0.05) is 28.6 Å². The van der Waals surface area contributed by atoms with Crippen molar-refractivity contribution < 1.29 is 0 Å². The Bertz CT molecular complexity index is 359. The van der Waals surface area contributed by atoms with Crippen LogP contribution in [0.5, 0.6) is 0 Å². The van der Waals surface area contributed by atoms with E-state index in [2.05, 4.69) is 62.0 Å². The van der Waals surface area contributed by atoms with Crippen molar-refractivity contribution in [3.63, 3.8) is 0 Å². The second-order valence-corrected chi connectivity index (χ2v) is 5.93. The zero-order chi connectivity index (χ0) is 11.5. The molecule has 16 heavy (non-hydrogen) atoms. The van der Waals surface area contributed by atoms with Gasteiger partial charge in [0.25, 0.3) is 0 Å². The Kier molecular flexibility index (Phi) is 4.31. The fourth-order valence-electron chi connectivity index (χ4n) is 2.49. The number of halogens is 2. The second-order valence-electron chi connectivity index (χ2n) is 4.46. The number of alkyl halides is 1. The van der Waals surface area contributed by atoms with E-state index >= 15 is 0 Å². The number of nitrogens with zero attached hydrogens (tertiary/aromatic N) is 1. The van der Waals surface area contributed by atoms with E-state index in [-0.39, 0.29) is 0 Å². The Labute approximate surface area is 114 Å². The van der Waals surface area contributed by atoms with Crippen LogP contribution in [0, 0.1) is 0 Å². The molecule has 1 nitrogen and oxygen atoms in total. The molecule has 0 aromatic heterocycles. The zero-order valence-corrected chi connectivity index (χ0v) is 12.7. The molecule has 0 N–H and O–H groups in total. The Morgan fingerprint density at radius 3 is 2.62 bits per heavy atom. The minimum Gasteiger partial charge on any atom is -0.371 e. The summed E-state index contributed by atoms with van der Waals surface area (Å²) in [5.41, 5.74) is 2.73. The molecule has 0 amide bonds. The largest absolute Gasteiger partial charge is 0.371 e. The highest BCUT2D eigenvalue weighted by molar-refractivity contribution is 9.10. The van der Waals surface area contributed by atoms with Gasteiger partial charge in [-0.1, -0.05) is 44.7 Å². The predicted octanol–water partition coefficient (Wildman–Crippen LogP) is 4.72. The summed E-state index contributed by atoms with van der Waals surface area (Å²) in [6.07, 6.45) is 5.45. The molecule has 0 bridgehead atoms. The smallest absolute Gasteiger partial charge is 0.0408 e. The van der Waals surface area contributed by atoms with E-state index < -0.39 is 0 Å². The molecule has 0 spiro atoms. The van der Waals surface area contributed by atoms with Gasteiger partial charge in [0.15, 0.2) is 0 Å². The minimum atomic E-state index is 0.735. The topological polar surface area (TPSA) is 3.24 Å². The lowest BCUT2D eigenvalue weighted by atomic mass is 10.1. The molecule has 0 atom stereocenters. The van der Waals surface area contributed by atoms with E-state index in [0.717, 1.165) is 15.8 Å². The third-order valence-electron chi connectivity index (χ3n) is 3.44. The third-order valence-corrected chi connectivity index (χ3v) is 4.54. The maximum atomic E-state index is 3.57. The number of hydrogen-bond donors (Lipinski definition) is 0. The summed E-state index contributed by atoms with van der Waals surface area (Å²) in [4.78, 5) is 2.45. The van der Waals surface area contributed by atoms with Crippen molar-refractivity contribution in [1.82, 2.24) is 0 Å². The van der Waals surface area contributed by atoms with E-state index in [1.54, 1.807) is 0 Å². The summed E-state index contributed by atoms with van der Waals surface area (Å²) in [5, 5.41) is 0.916. The monoisotopic (exact) mass is 345 g/mol. The molecule has 0 heterocycles. The number of hydrogen-bond acceptors (Lipinski definition) is 1. The molecule has 0 radical (unpaired) electrons. The van der Waals surface area contributed by atoms with Crippen molar-refractivity contribution in [3.8, 4) is 0 Å². The maximum Gasteiger partial charge on any atom is 0.0408 e. The molecule has 0 aliphatic heterocycles. The summed E-state index contributed by atoms with van der Waals surface area (Å²) < 4.78 is 1.16. The van der Waals surface area contributed by atoms with Crippen molar-refractivity contribution in [2.75, 3.05) is 11.9 Å². The second kappa shape index (κ2) is 5.54. The van der Waals surface area contributed by atoms with Gasteiger partial charge < -0.3 is 4.90 Å². The van der Waals surface area contributed by atoms with E-state index in [4.69, 9.17) is 0 Å². The zero-order valence-electron chi connectivity index (χ0n) is 9.55. The van der Waals surface area contributed by atoms with E-state index in [0.29, 0.717) is 0 Å². The van der Waals surface area contributed by atoms with Crippen LogP contribution in [0.25, 0.3) is 0 Å². The molecule has 1 aromatic carbocycles. The van der Waals surface area contributed by atoms with Gasteiger partial charge in [-0.05, 0) is 36.6 Å². The molecule has 1 aromatic rings. The highest BCUT2D eigenvalue weighted by Gasteiger charge is 2.21. The van der Waals surface area contributed by atoms with Gasteiger partial charge in [-0.25, -0.2) is 0 Å². The first-order chi connectivity index (χ1) is 7.72. The molecular weight excluding hydrogens is 330 g/mol. The maximum absolute atomic E-state index is 3.57. The van der Waals surface area contributed by atoms with E-state index in [9.17, 15) is 0 Å². The molecular formula is C13H17Br2N. The van der Waals surface area contributed by atoms with E-state index in [1.165, 1.54) is 36.9 Å². The predicted molar refractivity (Wildman–Crippen MR) is 77.4 cm³/mol. The average molecular weight is 347 g/mol. The molecule has 3 heteroatoms. The van der Waals surface area contributed by atoms with Gasteiger partial charge in [-0.3, -0.25) is 0 Å². The van der Waals surface area contributed by atoms with Crippen LogP contribution < -0.4 is 4.90 Å². The van der Waals surface area contributed by atoms with Gasteiger partial charge in [0.1, 0.15) is 0 Å². The minimum absolute atomic E-state index is 0.735. The molecule has 2 rings (SSSR count). The normalized spacial score (nSPS) is 16.7. The van der Waals surface area contributed by atoms with Gasteiger partial charge in [0.2, 0.25) is 0 Å². The lowest BCUT2D eigenvalue weighted by Gasteiger charge is -2.28. The van der Waals surface area contributed by atoms with E-state index in [1.807, 2.05) is 0 Å². The molecule has 0 saturated heterocycles. The Hall–Kier alpha value is -0.0200. The first-order valence-electron chi connectivity index (χ1n) is 5.79. The fourth-order valence-corrected chi connectivity index (χ4v) is 3.35. The molecule has 88 valence electrons. The quantitative estimate of drug-likeness (QED) is 0.715. The van der Waals surface area contributed by atoms with Crippen LogP contribution in [0.4, 0.5) is 5.69 Å². The number of benzene rings is 1. The van der Waals surface area contributed by atoms with Crippen molar-refractivity contribution in [3.05, 3.63) is 28.2 Å². The number of rotatable bonds is 3. The summed E-state index contributed by atoms with van der Waals surface area (Å²) in [5.74, 6) is 0. The highest BCUT2D eigenvalue weighted by Crippen LogP contribution is 2.31. The third kappa shape index (κ3) is 2.62. The average Bonchev–Trinajstić information content (AvgIpc) is 2.81. The van der Waals surface area contributed by atoms with Crippen LogP contribution >= 0.6 is 31.9 Å². The molecule has 1 aliphatic carbocycles. The van der Waals surface area contributed by atoms with Gasteiger partial charge >= 0.3 is 0 Å². The van der Waals surface area contributed by atoms with Crippen LogP contribution in [0.1, 0.15) is 31.2 Å². The number of anilines is 1. The summed E-state index contributed by atoms with van der Waals surface area (Å²) in [6.45, 7) is 0. The highest BCUT2D eigenvalue weighted by atomic mass is 79.9. The van der Waals surface area contributed by atoms with Crippen molar-refractivity contribution >= 4 is 37.5 Å². The van der Waals surface area contributed by atoms with Crippen molar-refractivity contribution in [1.29, 1.82) is 0 Å². The standard InChI is InChI=1S/C13H17Br2N/c1-16(12-4-2-3-5-12)13-7-6-11(15)8-10(13)9-14/h6-8,12H,2-5,9H2,1H3. The van der Waals surface area contributed by atoms with Crippen LogP contribution in [0.3, 0.4) is 0 Å². The summed E-state index contributed by atoms with van der Waals surface area (Å²) >= 11 is 7.10. The lowest BCUT2D eigenvalue weighted by molar-refractivity contribution is 0.652. The Morgan fingerprint density at radius 1 is 1.31 bits per heavy atom. The van der Waals surface area contributed by atoms with Crippen molar-refractivity contribution in [2.24, 2.45) is 0 Å². The SMILES string of the molecule is CN(c1ccc(Br)cc1CBr)C1CCCC1. The Balaban J connectivity index is 2.24.